The van der Waals surface area contributed by atoms with E-state index >= 15 is 0 Å². The molecule has 0 saturated heterocycles. The summed E-state index contributed by atoms with van der Waals surface area (Å²) in [4.78, 5) is 29.8. The Bertz CT molecular complexity index is 778. The zero-order chi connectivity index (χ0) is 16.5. The van der Waals surface area contributed by atoms with E-state index in [2.05, 4.69) is 27.1 Å². The quantitative estimate of drug-likeness (QED) is 0.507. The van der Waals surface area contributed by atoms with E-state index in [1.54, 1.807) is 0 Å². The van der Waals surface area contributed by atoms with Crippen LogP contribution in [-0.4, -0.2) is 28.9 Å². The molecule has 0 unspecified atom stereocenters. The number of aromatic amines is 1. The molecule has 0 aliphatic heterocycles. The third-order valence-electron chi connectivity index (χ3n) is 2.73. The Kier molecular flexibility index (Phi) is 6.27. The second-order valence-corrected chi connectivity index (χ2v) is 5.15. The van der Waals surface area contributed by atoms with Gasteiger partial charge in [0, 0.05) is 0 Å². The van der Waals surface area contributed by atoms with E-state index in [0.29, 0.717) is 5.16 Å². The van der Waals surface area contributed by atoms with E-state index in [1.165, 1.54) is 18.0 Å². The Morgan fingerprint density at radius 2 is 2.17 bits per heavy atom. The average molecular weight is 329 g/mol. The number of benzene rings is 1. The Morgan fingerprint density at radius 1 is 1.39 bits per heavy atom. The Hall–Kier alpha value is -2.72. The molecule has 1 aromatic heterocycles. The van der Waals surface area contributed by atoms with Gasteiger partial charge < -0.3 is 15.0 Å². The van der Waals surface area contributed by atoms with Crippen molar-refractivity contribution in [3.05, 3.63) is 58.0 Å². The lowest BCUT2D eigenvalue weighted by atomic mass is 10.2. The number of nitrogens with zero attached hydrogens (tertiary/aromatic N) is 1. The molecule has 0 atom stereocenters. The summed E-state index contributed by atoms with van der Waals surface area (Å²) in [6.07, 6.45) is 2.66. The summed E-state index contributed by atoms with van der Waals surface area (Å²) in [6.45, 7) is 0.275. The van der Waals surface area contributed by atoms with Crippen LogP contribution in [0.1, 0.15) is 11.1 Å². The molecule has 0 spiro atoms. The van der Waals surface area contributed by atoms with Gasteiger partial charge >= 0.3 is 6.09 Å². The molecular weight excluding hydrogens is 314 g/mol. The summed E-state index contributed by atoms with van der Waals surface area (Å²) in [6, 6.07) is 9.36. The van der Waals surface area contributed by atoms with Gasteiger partial charge in [-0.25, -0.2) is 9.78 Å². The highest BCUT2D eigenvalue weighted by Gasteiger charge is 2.01. The number of hydrogen-bond acceptors (Lipinski definition) is 5. The molecular formula is C16H15N3O3S. The molecule has 7 heteroatoms. The molecule has 2 aromatic rings. The van der Waals surface area contributed by atoms with Crippen LogP contribution < -0.4 is 10.9 Å². The van der Waals surface area contributed by atoms with Crippen molar-refractivity contribution in [1.29, 1.82) is 0 Å². The van der Waals surface area contributed by atoms with Crippen molar-refractivity contribution in [3.63, 3.8) is 0 Å². The maximum absolute atomic E-state index is 11.7. The molecule has 2 N–H and O–H groups in total. The number of ether oxygens (including phenoxy) is 1. The average Bonchev–Trinajstić information content (AvgIpc) is 2.58. The fraction of sp³-hybridized carbons (Fsp3) is 0.188. The van der Waals surface area contributed by atoms with Crippen molar-refractivity contribution >= 4 is 17.9 Å². The number of H-pyrrole nitrogens is 1. The molecule has 0 fully saturated rings. The lowest BCUT2D eigenvalue weighted by Crippen LogP contribution is -2.24. The Labute approximate surface area is 137 Å². The van der Waals surface area contributed by atoms with Crippen molar-refractivity contribution in [2.24, 2.45) is 0 Å². The zero-order valence-electron chi connectivity index (χ0n) is 12.5. The normalized spacial score (nSPS) is 9.61. The maximum Gasteiger partial charge on any atom is 0.408 e. The molecule has 6 nitrogen and oxygen atoms in total. The summed E-state index contributed by atoms with van der Waals surface area (Å²) >= 11 is 1.34. The number of carbonyl (C=O) groups is 1. The summed E-state index contributed by atoms with van der Waals surface area (Å²) < 4.78 is 5.03. The maximum atomic E-state index is 11.7. The van der Waals surface area contributed by atoms with Gasteiger partial charge in [0.15, 0.2) is 5.16 Å². The molecule has 0 aliphatic carbocycles. The standard InChI is InChI=1S/C16H15N3O3S/c1-23-15-18-10-13(14(20)19-15)8-5-9-17-16(21)22-11-12-6-3-2-4-7-12/h2-4,6-7,10H,9,11H2,1H3,(H,17,21)(H,18,19,20). The van der Waals surface area contributed by atoms with Gasteiger partial charge in [-0.3, -0.25) is 4.79 Å². The Morgan fingerprint density at radius 3 is 2.87 bits per heavy atom. The summed E-state index contributed by atoms with van der Waals surface area (Å²) in [7, 11) is 0. The van der Waals surface area contributed by atoms with Gasteiger partial charge in [0.05, 0.1) is 12.7 Å². The second kappa shape index (κ2) is 8.66. The van der Waals surface area contributed by atoms with Crippen LogP contribution in [0.4, 0.5) is 4.79 Å². The Balaban J connectivity index is 1.79. The number of amides is 1. The third kappa shape index (κ3) is 5.52. The second-order valence-electron chi connectivity index (χ2n) is 4.35. The molecule has 0 saturated carbocycles. The largest absolute Gasteiger partial charge is 0.445 e. The number of hydrogen-bond donors (Lipinski definition) is 2. The van der Waals surface area contributed by atoms with Gasteiger partial charge in [0.1, 0.15) is 12.2 Å². The van der Waals surface area contributed by atoms with E-state index in [1.807, 2.05) is 36.6 Å². The van der Waals surface area contributed by atoms with Crippen LogP contribution in [0.2, 0.25) is 0 Å². The van der Waals surface area contributed by atoms with Crippen molar-refractivity contribution in [2.75, 3.05) is 12.8 Å². The lowest BCUT2D eigenvalue weighted by molar-refractivity contribution is 0.141. The van der Waals surface area contributed by atoms with E-state index in [9.17, 15) is 9.59 Å². The predicted octanol–water partition coefficient (Wildman–Crippen LogP) is 1.77. The number of alkyl carbamates (subject to hydrolysis) is 1. The van der Waals surface area contributed by atoms with Crippen LogP contribution in [-0.2, 0) is 11.3 Å². The van der Waals surface area contributed by atoms with E-state index in [4.69, 9.17) is 4.74 Å². The first-order valence-electron chi connectivity index (χ1n) is 6.76. The zero-order valence-corrected chi connectivity index (χ0v) is 13.3. The van der Waals surface area contributed by atoms with Gasteiger partial charge in [0.25, 0.3) is 5.56 Å². The number of nitrogens with one attached hydrogen (secondary N) is 2. The minimum atomic E-state index is -0.562. The molecule has 1 heterocycles. The van der Waals surface area contributed by atoms with E-state index in [0.717, 1.165) is 5.56 Å². The molecule has 0 bridgehead atoms. The first-order chi connectivity index (χ1) is 11.2. The van der Waals surface area contributed by atoms with E-state index < -0.39 is 6.09 Å². The van der Waals surface area contributed by atoms with E-state index in [-0.39, 0.29) is 24.3 Å². The summed E-state index contributed by atoms with van der Waals surface area (Å²) in [5, 5.41) is 3.02. The first-order valence-corrected chi connectivity index (χ1v) is 7.98. The molecule has 1 aromatic carbocycles. The SMILES string of the molecule is CSc1ncc(C#CCNC(=O)OCc2ccccc2)c(=O)[nH]1. The fourth-order valence-electron chi connectivity index (χ4n) is 1.60. The van der Waals surface area contributed by atoms with Crippen LogP contribution >= 0.6 is 11.8 Å². The number of aromatic nitrogens is 2. The minimum absolute atomic E-state index is 0.0807. The smallest absolute Gasteiger partial charge is 0.408 e. The number of thioether (sulfide) groups is 1. The van der Waals surface area contributed by atoms with Crippen molar-refractivity contribution in [3.8, 4) is 11.8 Å². The third-order valence-corrected chi connectivity index (χ3v) is 3.32. The number of carbonyl (C=O) groups excluding carboxylic acids is 1. The van der Waals surface area contributed by atoms with Gasteiger partial charge in [-0.15, -0.1) is 0 Å². The van der Waals surface area contributed by atoms with Gasteiger partial charge in [0.2, 0.25) is 0 Å². The van der Waals surface area contributed by atoms with Crippen LogP contribution in [0.25, 0.3) is 0 Å². The van der Waals surface area contributed by atoms with Gasteiger partial charge in [-0.2, -0.15) is 0 Å². The van der Waals surface area contributed by atoms with Crippen LogP contribution in [0.3, 0.4) is 0 Å². The minimum Gasteiger partial charge on any atom is -0.445 e. The fourth-order valence-corrected chi connectivity index (χ4v) is 1.95. The van der Waals surface area contributed by atoms with Crippen LogP contribution in [0.15, 0.2) is 46.5 Å². The van der Waals surface area contributed by atoms with Crippen LogP contribution in [0, 0.1) is 11.8 Å². The van der Waals surface area contributed by atoms with Crippen molar-refractivity contribution in [2.45, 2.75) is 11.8 Å². The molecule has 0 radical (unpaired) electrons. The molecule has 2 rings (SSSR count). The topological polar surface area (TPSA) is 84.1 Å². The van der Waals surface area contributed by atoms with Crippen LogP contribution in [0.5, 0.6) is 0 Å². The monoisotopic (exact) mass is 329 g/mol. The van der Waals surface area contributed by atoms with Crippen molar-refractivity contribution < 1.29 is 9.53 Å². The van der Waals surface area contributed by atoms with Crippen molar-refractivity contribution in [1.82, 2.24) is 15.3 Å². The summed E-state index contributed by atoms with van der Waals surface area (Å²) in [5.41, 5.74) is 0.853. The first kappa shape index (κ1) is 16.6. The number of rotatable bonds is 4. The predicted molar refractivity (Wildman–Crippen MR) is 88.1 cm³/mol. The molecule has 0 aliphatic rings. The molecule has 1 amide bonds. The summed E-state index contributed by atoms with van der Waals surface area (Å²) in [5.74, 6) is 5.34. The molecule has 23 heavy (non-hydrogen) atoms. The molecule has 118 valence electrons. The highest BCUT2D eigenvalue weighted by Crippen LogP contribution is 2.03. The van der Waals surface area contributed by atoms with Gasteiger partial charge in [-0.05, 0) is 11.8 Å². The highest BCUT2D eigenvalue weighted by molar-refractivity contribution is 7.98. The highest BCUT2D eigenvalue weighted by atomic mass is 32.2. The van der Waals surface area contributed by atoms with Gasteiger partial charge in [-0.1, -0.05) is 53.9 Å². The lowest BCUT2D eigenvalue weighted by Gasteiger charge is -2.04.